The molecule has 0 amide bonds. The largest absolute Gasteiger partial charge is 0.315 e. The summed E-state index contributed by atoms with van der Waals surface area (Å²) in [6, 6.07) is 7.84. The van der Waals surface area contributed by atoms with Crippen LogP contribution in [0.15, 0.2) is 24.3 Å². The van der Waals surface area contributed by atoms with Gasteiger partial charge in [0.15, 0.2) is 0 Å². The third kappa shape index (κ3) is 2.86. The number of aromatic nitrogens is 1. The SMILES string of the molecule is CCc1nc(-c2ccc(Cl)cc2)sc1CNC. The molecule has 0 saturated heterocycles. The summed E-state index contributed by atoms with van der Waals surface area (Å²) in [5, 5.41) is 5.02. The van der Waals surface area contributed by atoms with Gasteiger partial charge >= 0.3 is 0 Å². The normalized spacial score (nSPS) is 10.8. The maximum absolute atomic E-state index is 5.89. The summed E-state index contributed by atoms with van der Waals surface area (Å²) < 4.78 is 0. The van der Waals surface area contributed by atoms with Gasteiger partial charge in [-0.05, 0) is 25.6 Å². The minimum atomic E-state index is 0.761. The Kier molecular flexibility index (Phi) is 4.15. The summed E-state index contributed by atoms with van der Waals surface area (Å²) >= 11 is 7.64. The van der Waals surface area contributed by atoms with Gasteiger partial charge in [0.25, 0.3) is 0 Å². The number of thiazole rings is 1. The van der Waals surface area contributed by atoms with Crippen molar-refractivity contribution in [2.75, 3.05) is 7.05 Å². The quantitative estimate of drug-likeness (QED) is 0.912. The first-order chi connectivity index (χ1) is 8.24. The fraction of sp³-hybridized carbons (Fsp3) is 0.308. The molecule has 2 rings (SSSR count). The van der Waals surface area contributed by atoms with E-state index in [2.05, 4.69) is 17.2 Å². The van der Waals surface area contributed by atoms with Gasteiger partial charge in [-0.2, -0.15) is 0 Å². The number of hydrogen-bond acceptors (Lipinski definition) is 3. The first kappa shape index (κ1) is 12.6. The molecule has 0 atom stereocenters. The number of rotatable bonds is 4. The van der Waals surface area contributed by atoms with Crippen LogP contribution >= 0.6 is 22.9 Å². The molecule has 2 nitrogen and oxygen atoms in total. The second kappa shape index (κ2) is 5.63. The van der Waals surface area contributed by atoms with Crippen LogP contribution in [0.5, 0.6) is 0 Å². The van der Waals surface area contributed by atoms with E-state index in [4.69, 9.17) is 11.6 Å². The second-order valence-electron chi connectivity index (χ2n) is 3.78. The van der Waals surface area contributed by atoms with Crippen molar-refractivity contribution in [3.8, 4) is 10.6 Å². The highest BCUT2D eigenvalue weighted by molar-refractivity contribution is 7.15. The average molecular weight is 267 g/mol. The molecule has 0 aliphatic rings. The monoisotopic (exact) mass is 266 g/mol. The highest BCUT2D eigenvalue weighted by atomic mass is 35.5. The molecule has 0 aliphatic heterocycles. The van der Waals surface area contributed by atoms with Crippen LogP contribution in [0.1, 0.15) is 17.5 Å². The van der Waals surface area contributed by atoms with Crippen molar-refractivity contribution in [1.82, 2.24) is 10.3 Å². The Hall–Kier alpha value is -0.900. The van der Waals surface area contributed by atoms with Crippen LogP contribution in [-0.2, 0) is 13.0 Å². The molecule has 1 N–H and O–H groups in total. The van der Waals surface area contributed by atoms with Gasteiger partial charge in [0.2, 0.25) is 0 Å². The molecule has 0 bridgehead atoms. The molecule has 17 heavy (non-hydrogen) atoms. The first-order valence-corrected chi connectivity index (χ1v) is 6.83. The van der Waals surface area contributed by atoms with Crippen LogP contribution in [0, 0.1) is 0 Å². The predicted octanol–water partition coefficient (Wildman–Crippen LogP) is 3.75. The summed E-state index contributed by atoms with van der Waals surface area (Å²) in [6.07, 6.45) is 0.973. The second-order valence-corrected chi connectivity index (χ2v) is 5.30. The molecule has 0 aliphatic carbocycles. The molecule has 0 spiro atoms. The lowest BCUT2D eigenvalue weighted by molar-refractivity contribution is 0.815. The van der Waals surface area contributed by atoms with Gasteiger partial charge in [0.05, 0.1) is 5.69 Å². The molecule has 4 heteroatoms. The summed E-state index contributed by atoms with van der Waals surface area (Å²) in [7, 11) is 1.96. The molecule has 0 unspecified atom stereocenters. The van der Waals surface area contributed by atoms with Crippen molar-refractivity contribution in [2.45, 2.75) is 19.9 Å². The van der Waals surface area contributed by atoms with Crippen LogP contribution in [0.3, 0.4) is 0 Å². The van der Waals surface area contributed by atoms with E-state index in [1.54, 1.807) is 11.3 Å². The molecular formula is C13H15ClN2S. The molecule has 1 aromatic heterocycles. The highest BCUT2D eigenvalue weighted by Crippen LogP contribution is 2.29. The summed E-state index contributed by atoms with van der Waals surface area (Å²) in [6.45, 7) is 3.02. The van der Waals surface area contributed by atoms with Crippen LogP contribution in [0.2, 0.25) is 5.02 Å². The Morgan fingerprint density at radius 1 is 1.29 bits per heavy atom. The van der Waals surface area contributed by atoms with E-state index in [1.165, 1.54) is 10.6 Å². The van der Waals surface area contributed by atoms with Crippen LogP contribution in [0.25, 0.3) is 10.6 Å². The van der Waals surface area contributed by atoms with E-state index in [-0.39, 0.29) is 0 Å². The van der Waals surface area contributed by atoms with Crippen molar-refractivity contribution < 1.29 is 0 Å². The number of nitrogens with zero attached hydrogens (tertiary/aromatic N) is 1. The van der Waals surface area contributed by atoms with Gasteiger partial charge < -0.3 is 5.32 Å². The third-order valence-corrected chi connectivity index (χ3v) is 3.94. The third-order valence-electron chi connectivity index (χ3n) is 2.54. The van der Waals surface area contributed by atoms with Gasteiger partial charge in [0.1, 0.15) is 5.01 Å². The van der Waals surface area contributed by atoms with E-state index in [0.29, 0.717) is 0 Å². The summed E-state index contributed by atoms with van der Waals surface area (Å²) in [5.74, 6) is 0. The molecule has 0 radical (unpaired) electrons. The van der Waals surface area contributed by atoms with Gasteiger partial charge in [-0.25, -0.2) is 4.98 Å². The van der Waals surface area contributed by atoms with Crippen molar-refractivity contribution in [3.63, 3.8) is 0 Å². The van der Waals surface area contributed by atoms with Crippen LogP contribution < -0.4 is 5.32 Å². The molecule has 0 fully saturated rings. The van der Waals surface area contributed by atoms with Gasteiger partial charge in [-0.15, -0.1) is 11.3 Å². The standard InChI is InChI=1S/C13H15ClN2S/c1-3-11-12(8-15-2)17-13(16-11)9-4-6-10(14)7-5-9/h4-7,15H,3,8H2,1-2H3. The van der Waals surface area contributed by atoms with Crippen molar-refractivity contribution in [1.29, 1.82) is 0 Å². The van der Waals surface area contributed by atoms with Gasteiger partial charge in [-0.1, -0.05) is 30.7 Å². The Bertz CT molecular complexity index is 491. The molecular weight excluding hydrogens is 252 g/mol. The predicted molar refractivity (Wildman–Crippen MR) is 74.7 cm³/mol. The molecule has 1 heterocycles. The molecule has 90 valence electrons. The highest BCUT2D eigenvalue weighted by Gasteiger charge is 2.10. The summed E-state index contributed by atoms with van der Waals surface area (Å²) in [4.78, 5) is 6.00. The van der Waals surface area contributed by atoms with E-state index >= 15 is 0 Å². The van der Waals surface area contributed by atoms with Crippen molar-refractivity contribution >= 4 is 22.9 Å². The molecule has 1 aromatic carbocycles. The lowest BCUT2D eigenvalue weighted by Gasteiger charge is -1.96. The number of nitrogens with one attached hydrogen (secondary N) is 1. The number of aryl methyl sites for hydroxylation is 1. The van der Waals surface area contributed by atoms with E-state index < -0.39 is 0 Å². The lowest BCUT2D eigenvalue weighted by Crippen LogP contribution is -2.05. The maximum Gasteiger partial charge on any atom is 0.123 e. The number of halogens is 1. The van der Waals surface area contributed by atoms with Crippen LogP contribution in [-0.4, -0.2) is 12.0 Å². The Morgan fingerprint density at radius 3 is 2.59 bits per heavy atom. The van der Waals surface area contributed by atoms with Gasteiger partial charge in [0, 0.05) is 22.0 Å². The molecule has 2 aromatic rings. The zero-order valence-corrected chi connectivity index (χ0v) is 11.5. The number of hydrogen-bond donors (Lipinski definition) is 1. The summed E-state index contributed by atoms with van der Waals surface area (Å²) in [5.41, 5.74) is 2.32. The van der Waals surface area contributed by atoms with Crippen molar-refractivity contribution in [3.05, 3.63) is 39.9 Å². The minimum absolute atomic E-state index is 0.761. The molecule has 0 saturated carbocycles. The fourth-order valence-corrected chi connectivity index (χ4v) is 2.97. The first-order valence-electron chi connectivity index (χ1n) is 5.63. The lowest BCUT2D eigenvalue weighted by atomic mass is 10.2. The Balaban J connectivity index is 2.35. The number of benzene rings is 1. The Labute approximate surface area is 111 Å². The smallest absolute Gasteiger partial charge is 0.123 e. The fourth-order valence-electron chi connectivity index (χ4n) is 1.67. The van der Waals surface area contributed by atoms with Gasteiger partial charge in [-0.3, -0.25) is 0 Å². The van der Waals surface area contributed by atoms with E-state index in [0.717, 1.165) is 28.6 Å². The minimum Gasteiger partial charge on any atom is -0.315 e. The average Bonchev–Trinajstić information content (AvgIpc) is 2.74. The van der Waals surface area contributed by atoms with E-state index in [9.17, 15) is 0 Å². The Morgan fingerprint density at radius 2 is 2.00 bits per heavy atom. The zero-order valence-electron chi connectivity index (χ0n) is 9.96. The maximum atomic E-state index is 5.89. The van der Waals surface area contributed by atoms with Crippen LogP contribution in [0.4, 0.5) is 0 Å². The topological polar surface area (TPSA) is 24.9 Å². The van der Waals surface area contributed by atoms with Crippen molar-refractivity contribution in [2.24, 2.45) is 0 Å². The van der Waals surface area contributed by atoms with E-state index in [1.807, 2.05) is 31.3 Å². The zero-order chi connectivity index (χ0) is 12.3.